The van der Waals surface area contributed by atoms with Crippen molar-refractivity contribution in [2.75, 3.05) is 32.5 Å². The molecule has 0 aliphatic carbocycles. The number of alkyl halides is 3. The SMILES string of the molecule is Cc1cc(S(C)(=O)=O)ccc1-c1ccc2c(OC(=O)C(F)(F)F)c(O)ccc2c1Oc1ccc(OCCN2CCCCC2)cc1. The number of aryl methyl sites for hydroxylation is 1. The van der Waals surface area contributed by atoms with Gasteiger partial charge >= 0.3 is 12.1 Å². The first-order valence-electron chi connectivity index (χ1n) is 14.3. The lowest BCUT2D eigenvalue weighted by atomic mass is 9.96. The second kappa shape index (κ2) is 13.0. The first kappa shape index (κ1) is 32.1. The minimum atomic E-state index is -5.29. The van der Waals surface area contributed by atoms with Crippen LogP contribution in [0.5, 0.6) is 28.7 Å². The van der Waals surface area contributed by atoms with Crippen LogP contribution < -0.4 is 14.2 Å². The van der Waals surface area contributed by atoms with Crippen molar-refractivity contribution < 1.29 is 45.7 Å². The first-order valence-corrected chi connectivity index (χ1v) is 16.2. The lowest BCUT2D eigenvalue weighted by molar-refractivity contribution is -0.189. The third kappa shape index (κ3) is 7.51. The zero-order chi connectivity index (χ0) is 32.4. The number of carbonyl (C=O) groups is 1. The fraction of sp³-hybridized carbons (Fsp3) is 0.303. The number of hydrogen-bond acceptors (Lipinski definition) is 8. The fourth-order valence-corrected chi connectivity index (χ4v) is 5.99. The van der Waals surface area contributed by atoms with Crippen molar-refractivity contribution in [3.63, 3.8) is 0 Å². The number of benzene rings is 4. The number of nitrogens with zero attached hydrogens (tertiary/aromatic N) is 1. The molecule has 0 spiro atoms. The summed E-state index contributed by atoms with van der Waals surface area (Å²) in [5.41, 5.74) is 1.68. The molecular weight excluding hydrogens is 611 g/mol. The maximum Gasteiger partial charge on any atom is 0.491 e. The molecule has 0 amide bonds. The van der Waals surface area contributed by atoms with Gasteiger partial charge in [0.2, 0.25) is 0 Å². The quantitative estimate of drug-likeness (QED) is 0.153. The summed E-state index contributed by atoms with van der Waals surface area (Å²) in [4.78, 5) is 14.2. The van der Waals surface area contributed by atoms with E-state index in [2.05, 4.69) is 9.64 Å². The minimum absolute atomic E-state index is 0.00516. The van der Waals surface area contributed by atoms with Gasteiger partial charge in [-0.1, -0.05) is 12.5 Å². The Hall–Kier alpha value is -4.29. The third-order valence-electron chi connectivity index (χ3n) is 7.59. The number of rotatable bonds is 9. The molecule has 0 bridgehead atoms. The number of halogens is 3. The summed E-state index contributed by atoms with van der Waals surface area (Å²) >= 11 is 0. The number of carbonyl (C=O) groups excluding carboxylic acids is 1. The summed E-state index contributed by atoms with van der Waals surface area (Å²) in [5.74, 6) is -2.63. The Kier molecular flexibility index (Phi) is 9.26. The second-order valence-electron chi connectivity index (χ2n) is 10.9. The van der Waals surface area contributed by atoms with Crippen molar-refractivity contribution in [3.8, 4) is 39.9 Å². The molecule has 1 fully saturated rings. The molecule has 1 saturated heterocycles. The summed E-state index contributed by atoms with van der Waals surface area (Å²) in [6.07, 6.45) is -0.554. The van der Waals surface area contributed by atoms with Gasteiger partial charge in [0.15, 0.2) is 21.3 Å². The number of sulfone groups is 1. The maximum absolute atomic E-state index is 13.0. The normalized spacial score (nSPS) is 14.3. The largest absolute Gasteiger partial charge is 0.504 e. The van der Waals surface area contributed by atoms with Crippen LogP contribution in [0.1, 0.15) is 24.8 Å². The van der Waals surface area contributed by atoms with Gasteiger partial charge in [-0.05, 0) is 105 Å². The minimum Gasteiger partial charge on any atom is -0.504 e. The highest BCUT2D eigenvalue weighted by molar-refractivity contribution is 7.90. The molecule has 0 aromatic heterocycles. The smallest absolute Gasteiger partial charge is 0.491 e. The van der Waals surface area contributed by atoms with Gasteiger partial charge in [-0.25, -0.2) is 13.2 Å². The molecule has 4 aromatic rings. The van der Waals surface area contributed by atoms with E-state index in [1.54, 1.807) is 43.3 Å². The van der Waals surface area contributed by atoms with Crippen molar-refractivity contribution in [3.05, 3.63) is 72.3 Å². The summed E-state index contributed by atoms with van der Waals surface area (Å²) in [5, 5.41) is 10.6. The van der Waals surface area contributed by atoms with E-state index in [0.29, 0.717) is 34.8 Å². The Balaban J connectivity index is 1.52. The molecule has 1 aliphatic rings. The van der Waals surface area contributed by atoms with Gasteiger partial charge in [-0.3, -0.25) is 4.90 Å². The monoisotopic (exact) mass is 643 g/mol. The van der Waals surface area contributed by atoms with Crippen molar-refractivity contribution in [2.45, 2.75) is 37.3 Å². The third-order valence-corrected chi connectivity index (χ3v) is 8.70. The van der Waals surface area contributed by atoms with Crippen molar-refractivity contribution in [1.29, 1.82) is 0 Å². The van der Waals surface area contributed by atoms with Gasteiger partial charge in [0, 0.05) is 29.1 Å². The van der Waals surface area contributed by atoms with Gasteiger partial charge in [-0.2, -0.15) is 13.2 Å². The average Bonchev–Trinajstić information content (AvgIpc) is 2.99. The van der Waals surface area contributed by atoms with Gasteiger partial charge in [0.1, 0.15) is 23.9 Å². The Morgan fingerprint density at radius 1 is 0.867 bits per heavy atom. The zero-order valence-corrected chi connectivity index (χ0v) is 25.5. The predicted molar refractivity (Wildman–Crippen MR) is 163 cm³/mol. The van der Waals surface area contributed by atoms with Crippen molar-refractivity contribution in [2.24, 2.45) is 0 Å². The molecule has 45 heavy (non-hydrogen) atoms. The number of fused-ring (bicyclic) bond motifs is 1. The van der Waals surface area contributed by atoms with Crippen LogP contribution in [-0.2, 0) is 14.6 Å². The van der Waals surface area contributed by atoms with Crippen LogP contribution in [0.2, 0.25) is 0 Å². The summed E-state index contributed by atoms with van der Waals surface area (Å²) in [6.45, 7) is 5.20. The average molecular weight is 644 g/mol. The van der Waals surface area contributed by atoms with Gasteiger partial charge < -0.3 is 19.3 Å². The van der Waals surface area contributed by atoms with E-state index in [1.807, 2.05) is 0 Å². The number of piperidine rings is 1. The Labute approximate surface area is 258 Å². The number of ether oxygens (including phenoxy) is 3. The fourth-order valence-electron chi connectivity index (χ4n) is 5.29. The van der Waals surface area contributed by atoms with Crippen molar-refractivity contribution >= 4 is 26.6 Å². The molecule has 0 unspecified atom stereocenters. The van der Waals surface area contributed by atoms with Crippen LogP contribution in [0.3, 0.4) is 0 Å². The van der Waals surface area contributed by atoms with Crippen LogP contribution >= 0.6 is 0 Å². The van der Waals surface area contributed by atoms with E-state index in [-0.39, 0.29) is 21.4 Å². The molecule has 8 nitrogen and oxygen atoms in total. The van der Waals surface area contributed by atoms with Crippen LogP contribution in [0.25, 0.3) is 21.9 Å². The zero-order valence-electron chi connectivity index (χ0n) is 24.7. The highest BCUT2D eigenvalue weighted by Crippen LogP contribution is 2.46. The van der Waals surface area contributed by atoms with E-state index >= 15 is 0 Å². The van der Waals surface area contributed by atoms with E-state index in [1.165, 1.54) is 43.5 Å². The molecule has 0 radical (unpaired) electrons. The van der Waals surface area contributed by atoms with E-state index < -0.39 is 33.5 Å². The number of hydrogen-bond donors (Lipinski definition) is 1. The van der Waals surface area contributed by atoms with Gasteiger partial charge in [0.05, 0.1) is 4.90 Å². The molecule has 5 rings (SSSR count). The van der Waals surface area contributed by atoms with E-state index in [4.69, 9.17) is 9.47 Å². The standard InChI is InChI=1S/C33H32F3NO7S/c1-21-20-24(45(2,40)41)10-11-25(21)26-12-13-28-27(14-15-29(38)31(28)44-32(39)33(34,35)36)30(26)43-23-8-6-22(7-9-23)42-19-18-37-16-4-3-5-17-37/h6-15,20,38H,3-5,16-19H2,1-2H3. The van der Waals surface area contributed by atoms with Crippen LogP contribution in [0.4, 0.5) is 13.2 Å². The van der Waals surface area contributed by atoms with Crippen LogP contribution in [0.15, 0.2) is 71.6 Å². The maximum atomic E-state index is 13.0. The van der Waals surface area contributed by atoms with Gasteiger partial charge in [0.25, 0.3) is 0 Å². The Bertz CT molecular complexity index is 1820. The molecular formula is C33H32F3NO7S. The summed E-state index contributed by atoms with van der Waals surface area (Å²) < 4.78 is 80.2. The number of aromatic hydroxyl groups is 1. The van der Waals surface area contributed by atoms with Crippen molar-refractivity contribution in [1.82, 2.24) is 4.90 Å². The summed E-state index contributed by atoms with van der Waals surface area (Å²) in [6, 6.07) is 16.9. The first-order chi connectivity index (χ1) is 21.3. The topological polar surface area (TPSA) is 102 Å². The molecule has 238 valence electrons. The molecule has 0 saturated carbocycles. The second-order valence-corrected chi connectivity index (χ2v) is 12.9. The lowest BCUT2D eigenvalue weighted by Gasteiger charge is -2.26. The van der Waals surface area contributed by atoms with E-state index in [9.17, 15) is 31.5 Å². The molecule has 12 heteroatoms. The molecule has 0 atom stereocenters. The van der Waals surface area contributed by atoms with Crippen LogP contribution in [-0.4, -0.2) is 63.1 Å². The summed E-state index contributed by atoms with van der Waals surface area (Å²) in [7, 11) is -3.48. The number of esters is 1. The lowest BCUT2D eigenvalue weighted by Crippen LogP contribution is -2.33. The highest BCUT2D eigenvalue weighted by atomic mass is 32.2. The van der Waals surface area contributed by atoms with Crippen LogP contribution in [0, 0.1) is 6.92 Å². The Morgan fingerprint density at radius 2 is 1.49 bits per heavy atom. The van der Waals surface area contributed by atoms with E-state index in [0.717, 1.165) is 32.0 Å². The Morgan fingerprint density at radius 3 is 2.13 bits per heavy atom. The molecule has 1 aliphatic heterocycles. The predicted octanol–water partition coefficient (Wildman–Crippen LogP) is 7.05. The van der Waals surface area contributed by atoms with Gasteiger partial charge in [-0.15, -0.1) is 0 Å². The number of likely N-dealkylation sites (tertiary alicyclic amines) is 1. The number of phenolic OH excluding ortho intramolecular Hbond substituents is 1. The number of phenols is 1. The molecule has 1 N–H and O–H groups in total. The highest BCUT2D eigenvalue weighted by Gasteiger charge is 2.42. The molecule has 4 aromatic carbocycles. The molecule has 1 heterocycles.